The van der Waals surface area contributed by atoms with Gasteiger partial charge in [-0.25, -0.2) is 4.57 Å². The Kier molecular flexibility index (Phi) is 32.7. The third kappa shape index (κ3) is 35.8. The quantitative estimate of drug-likeness (QED) is 0.0194. The molecule has 0 radical (unpaired) electrons. The minimum atomic E-state index is -4.79. The third-order valence-electron chi connectivity index (χ3n) is 8.47. The Morgan fingerprint density at radius 1 is 0.700 bits per heavy atom. The number of rotatable bonds is 34. The van der Waals surface area contributed by atoms with Crippen molar-refractivity contribution in [3.63, 3.8) is 0 Å². The second-order valence-electron chi connectivity index (χ2n) is 13.4. The van der Waals surface area contributed by atoms with Crippen LogP contribution in [0.1, 0.15) is 162 Å². The largest absolute Gasteiger partial charge is 0.469 e. The number of hydrogen-bond donors (Lipinski definition) is 3. The van der Waals surface area contributed by atoms with Crippen LogP contribution in [0.15, 0.2) is 48.6 Å². The number of ether oxygens (including phenoxy) is 2. The Labute approximate surface area is 304 Å². The van der Waals surface area contributed by atoms with E-state index in [1.165, 1.54) is 70.6 Å². The third-order valence-corrected chi connectivity index (χ3v) is 8.96. The summed E-state index contributed by atoms with van der Waals surface area (Å²) in [6.45, 7) is 5.86. The maximum Gasteiger partial charge on any atom is 0.469 e. The van der Waals surface area contributed by atoms with E-state index < -0.39 is 38.6 Å². The number of phosphoric acid groups is 1. The van der Waals surface area contributed by atoms with Crippen molar-refractivity contribution in [2.45, 2.75) is 174 Å². The summed E-state index contributed by atoms with van der Waals surface area (Å²) in [6, 6.07) is 0. The van der Waals surface area contributed by atoms with E-state index in [1.807, 2.05) is 18.2 Å². The number of aliphatic hydroxyl groups excluding tert-OH is 1. The lowest BCUT2D eigenvalue weighted by Gasteiger charge is -2.18. The minimum absolute atomic E-state index is 0.0765. The Bertz CT molecular complexity index is 985. The fourth-order valence-electron chi connectivity index (χ4n) is 5.13. The van der Waals surface area contributed by atoms with Crippen molar-refractivity contribution in [1.29, 1.82) is 0 Å². The first kappa shape index (κ1) is 48.0. The summed E-state index contributed by atoms with van der Waals surface area (Å²) in [4.78, 5) is 42.7. The predicted octanol–water partition coefficient (Wildman–Crippen LogP) is 10.4. The molecule has 0 aliphatic carbocycles. The van der Waals surface area contributed by atoms with Gasteiger partial charge in [0.05, 0.1) is 12.7 Å². The number of esters is 2. The summed E-state index contributed by atoms with van der Waals surface area (Å²) in [5.74, 6) is -0.174. The number of carbonyl (C=O) groups excluding carboxylic acids is 2. The van der Waals surface area contributed by atoms with Gasteiger partial charge < -0.3 is 24.4 Å². The van der Waals surface area contributed by atoms with Crippen LogP contribution in [0.5, 0.6) is 0 Å². The van der Waals surface area contributed by atoms with Gasteiger partial charge in [-0.1, -0.05) is 153 Å². The second-order valence-corrected chi connectivity index (χ2v) is 14.6. The number of carbonyl (C=O) groups is 2. The molecule has 0 aromatic carbocycles. The van der Waals surface area contributed by atoms with Crippen molar-refractivity contribution in [1.82, 2.24) is 0 Å². The lowest BCUT2D eigenvalue weighted by atomic mass is 9.99. The molecule has 0 saturated heterocycles. The lowest BCUT2D eigenvalue weighted by molar-refractivity contribution is -0.161. The molecule has 9 nitrogen and oxygen atoms in total. The molecule has 0 saturated carbocycles. The topological polar surface area (TPSA) is 140 Å². The zero-order chi connectivity index (χ0) is 37.1. The first-order valence-corrected chi connectivity index (χ1v) is 21.0. The van der Waals surface area contributed by atoms with E-state index in [0.717, 1.165) is 38.0 Å². The molecule has 10 heteroatoms. The van der Waals surface area contributed by atoms with Crippen LogP contribution < -0.4 is 0 Å². The molecule has 2 unspecified atom stereocenters. The number of unbranched alkanes of at least 4 members (excludes halogenated alkanes) is 13. The molecule has 0 aliphatic heterocycles. The van der Waals surface area contributed by atoms with Crippen molar-refractivity contribution in [3.8, 4) is 0 Å². The van der Waals surface area contributed by atoms with Gasteiger partial charge in [-0.2, -0.15) is 0 Å². The van der Waals surface area contributed by atoms with Gasteiger partial charge >= 0.3 is 19.8 Å². The van der Waals surface area contributed by atoms with Gasteiger partial charge in [0.1, 0.15) is 6.61 Å². The molecule has 0 amide bonds. The molecule has 0 rings (SSSR count). The number of aliphatic hydroxyl groups is 1. The van der Waals surface area contributed by atoms with Crippen LogP contribution in [0.3, 0.4) is 0 Å². The summed E-state index contributed by atoms with van der Waals surface area (Å²) in [5.41, 5.74) is 0. The van der Waals surface area contributed by atoms with Crippen LogP contribution in [0, 0.1) is 5.92 Å². The van der Waals surface area contributed by atoms with Gasteiger partial charge in [0.15, 0.2) is 6.10 Å². The minimum Gasteiger partial charge on any atom is -0.462 e. The standard InChI is InChI=1S/C40H71O9P/c1-4-6-7-8-9-12-16-20-25-30-37(41)31-26-21-18-23-28-33-40(43)49-38(35-48-50(44,45)46)34-47-39(42)32-27-22-17-14-11-10-13-15-19-24-29-36(3)5-2/h9,12,18,20-21,25-26,31,36-38,41H,4-8,10-11,13-17,19,22-24,27-30,32-35H2,1-3H3,(H2,44,45,46)/b12-9-,21-18+,25-20-,31-26-/t36?,37?,38-/m1/s1. The van der Waals surface area contributed by atoms with E-state index in [2.05, 4.69) is 43.5 Å². The molecule has 0 heterocycles. The molecule has 0 bridgehead atoms. The number of allylic oxidation sites excluding steroid dienone is 6. The van der Waals surface area contributed by atoms with E-state index in [9.17, 15) is 19.3 Å². The predicted molar refractivity (Wildman–Crippen MR) is 203 cm³/mol. The van der Waals surface area contributed by atoms with Crippen molar-refractivity contribution in [3.05, 3.63) is 48.6 Å². The Morgan fingerprint density at radius 3 is 1.98 bits per heavy atom. The van der Waals surface area contributed by atoms with Crippen LogP contribution in [0.25, 0.3) is 0 Å². The molecular formula is C40H71O9P. The van der Waals surface area contributed by atoms with E-state index >= 15 is 0 Å². The average Bonchev–Trinajstić information content (AvgIpc) is 3.08. The van der Waals surface area contributed by atoms with E-state index in [0.29, 0.717) is 25.7 Å². The fraction of sp³-hybridized carbons (Fsp3) is 0.750. The zero-order valence-corrected chi connectivity index (χ0v) is 32.5. The fourth-order valence-corrected chi connectivity index (χ4v) is 5.49. The van der Waals surface area contributed by atoms with Gasteiger partial charge in [-0.05, 0) is 50.9 Å². The molecule has 0 aliphatic rings. The molecular weight excluding hydrogens is 655 g/mol. The first-order chi connectivity index (χ1) is 24.1. The number of hydrogen-bond acceptors (Lipinski definition) is 7. The van der Waals surface area contributed by atoms with E-state index in [-0.39, 0.29) is 19.4 Å². The van der Waals surface area contributed by atoms with E-state index in [1.54, 1.807) is 12.2 Å². The van der Waals surface area contributed by atoms with Gasteiger partial charge in [-0.3, -0.25) is 14.1 Å². The lowest BCUT2D eigenvalue weighted by Crippen LogP contribution is -2.29. The van der Waals surface area contributed by atoms with Gasteiger partial charge in [-0.15, -0.1) is 0 Å². The highest BCUT2D eigenvalue weighted by Crippen LogP contribution is 2.36. The molecule has 290 valence electrons. The summed E-state index contributed by atoms with van der Waals surface area (Å²) in [6.07, 6.45) is 35.7. The molecule has 0 aromatic heterocycles. The zero-order valence-electron chi connectivity index (χ0n) is 31.6. The van der Waals surface area contributed by atoms with Crippen molar-refractivity contribution >= 4 is 19.8 Å². The molecule has 3 N–H and O–H groups in total. The Balaban J connectivity index is 4.17. The summed E-state index contributed by atoms with van der Waals surface area (Å²) in [7, 11) is -4.79. The average molecular weight is 727 g/mol. The van der Waals surface area contributed by atoms with Crippen molar-refractivity contribution < 1.29 is 43.0 Å². The molecule has 0 fully saturated rings. The second kappa shape index (κ2) is 34.1. The van der Waals surface area contributed by atoms with Crippen LogP contribution in [-0.4, -0.2) is 52.3 Å². The molecule has 0 spiro atoms. The van der Waals surface area contributed by atoms with Crippen LogP contribution in [-0.2, 0) is 28.2 Å². The Hall–Kier alpha value is -2.03. The van der Waals surface area contributed by atoms with E-state index in [4.69, 9.17) is 19.3 Å². The normalized spacial score (nSPS) is 14.3. The van der Waals surface area contributed by atoms with Gasteiger partial charge in [0.25, 0.3) is 0 Å². The van der Waals surface area contributed by atoms with Crippen LogP contribution >= 0.6 is 7.82 Å². The highest BCUT2D eigenvalue weighted by Gasteiger charge is 2.22. The van der Waals surface area contributed by atoms with Gasteiger partial charge in [0, 0.05) is 12.8 Å². The highest BCUT2D eigenvalue weighted by atomic mass is 31.2. The smallest absolute Gasteiger partial charge is 0.462 e. The maximum absolute atomic E-state index is 12.4. The van der Waals surface area contributed by atoms with Crippen LogP contribution in [0.2, 0.25) is 0 Å². The monoisotopic (exact) mass is 726 g/mol. The summed E-state index contributed by atoms with van der Waals surface area (Å²) >= 11 is 0. The molecule has 50 heavy (non-hydrogen) atoms. The highest BCUT2D eigenvalue weighted by molar-refractivity contribution is 7.46. The number of phosphoric ester groups is 1. The Morgan fingerprint density at radius 2 is 1.32 bits per heavy atom. The molecule has 0 aromatic rings. The molecule has 3 atom stereocenters. The van der Waals surface area contributed by atoms with Crippen molar-refractivity contribution in [2.75, 3.05) is 13.2 Å². The SMILES string of the molecule is CCCCC/C=C\C/C=C\CC(O)/C=C\C=C\CCCC(=O)O[C@H](COC(=O)CCCCCCCCCCCCC(C)CC)COP(=O)(O)O. The first-order valence-electron chi connectivity index (χ1n) is 19.4. The maximum atomic E-state index is 12.4. The summed E-state index contributed by atoms with van der Waals surface area (Å²) in [5, 5.41) is 10.1. The summed E-state index contributed by atoms with van der Waals surface area (Å²) < 4.78 is 26.2. The van der Waals surface area contributed by atoms with Gasteiger partial charge in [0.2, 0.25) is 0 Å². The van der Waals surface area contributed by atoms with Crippen molar-refractivity contribution in [2.24, 2.45) is 5.92 Å². The van der Waals surface area contributed by atoms with Crippen LogP contribution in [0.4, 0.5) is 0 Å².